The zero-order valence-corrected chi connectivity index (χ0v) is 15.1. The van der Waals surface area contributed by atoms with E-state index in [1.54, 1.807) is 31.2 Å². The van der Waals surface area contributed by atoms with Crippen molar-refractivity contribution < 1.29 is 19.1 Å². The predicted molar refractivity (Wildman–Crippen MR) is 99.6 cm³/mol. The van der Waals surface area contributed by atoms with E-state index in [0.29, 0.717) is 17.0 Å². The fourth-order valence-corrected chi connectivity index (χ4v) is 3.16. The summed E-state index contributed by atoms with van der Waals surface area (Å²) < 4.78 is 10.6. The average molecular weight is 353 g/mol. The summed E-state index contributed by atoms with van der Waals surface area (Å²) in [5.41, 5.74) is 3.39. The van der Waals surface area contributed by atoms with E-state index in [1.165, 1.54) is 31.1 Å². The first kappa shape index (κ1) is 18.0. The molecular weight excluding hydrogens is 330 g/mol. The Kier molecular flexibility index (Phi) is 5.56. The van der Waals surface area contributed by atoms with Crippen LogP contribution >= 0.6 is 0 Å². The molecule has 0 radical (unpaired) electrons. The lowest BCUT2D eigenvalue weighted by Crippen LogP contribution is -2.30. The largest absolute Gasteiger partial charge is 0.481 e. The van der Waals surface area contributed by atoms with Gasteiger partial charge < -0.3 is 14.8 Å². The number of anilines is 1. The van der Waals surface area contributed by atoms with Gasteiger partial charge in [-0.1, -0.05) is 18.2 Å². The van der Waals surface area contributed by atoms with Crippen LogP contribution in [-0.2, 0) is 22.4 Å². The second-order valence-corrected chi connectivity index (χ2v) is 6.42. The van der Waals surface area contributed by atoms with Crippen LogP contribution in [0.4, 0.5) is 5.69 Å². The molecule has 26 heavy (non-hydrogen) atoms. The molecule has 1 aliphatic carbocycles. The normalized spacial score (nSPS) is 14.1. The van der Waals surface area contributed by atoms with Crippen molar-refractivity contribution in [1.82, 2.24) is 0 Å². The standard InChI is InChI=1S/C21H23NO4/c1-14(26-17-12-11-15-7-3-4-8-16(15)13-17)20(23)22-19-10-6-5-9-18(19)21(24)25-2/h5-6,9-14H,3-4,7-8H2,1-2H3,(H,22,23)/t14-/m0/s1. The molecule has 0 aliphatic heterocycles. The molecule has 0 saturated heterocycles. The number of rotatable bonds is 5. The molecule has 0 heterocycles. The number of benzene rings is 2. The van der Waals surface area contributed by atoms with E-state index in [-0.39, 0.29) is 5.91 Å². The van der Waals surface area contributed by atoms with Crippen molar-refractivity contribution in [2.24, 2.45) is 0 Å². The molecule has 1 atom stereocenters. The van der Waals surface area contributed by atoms with E-state index in [4.69, 9.17) is 9.47 Å². The summed E-state index contributed by atoms with van der Waals surface area (Å²) in [7, 11) is 1.31. The average Bonchev–Trinajstić information content (AvgIpc) is 2.67. The zero-order chi connectivity index (χ0) is 18.5. The minimum absolute atomic E-state index is 0.310. The zero-order valence-electron chi connectivity index (χ0n) is 15.1. The lowest BCUT2D eigenvalue weighted by molar-refractivity contribution is -0.122. The number of hydrogen-bond acceptors (Lipinski definition) is 4. The molecule has 1 amide bonds. The van der Waals surface area contributed by atoms with Crippen LogP contribution in [0.25, 0.3) is 0 Å². The molecule has 3 rings (SSSR count). The van der Waals surface area contributed by atoms with Crippen LogP contribution in [0.2, 0.25) is 0 Å². The molecule has 0 unspecified atom stereocenters. The number of hydrogen-bond donors (Lipinski definition) is 1. The summed E-state index contributed by atoms with van der Waals surface area (Å²) >= 11 is 0. The number of carbonyl (C=O) groups excluding carboxylic acids is 2. The summed E-state index contributed by atoms with van der Waals surface area (Å²) in [6.45, 7) is 1.69. The first-order valence-corrected chi connectivity index (χ1v) is 8.85. The van der Waals surface area contributed by atoms with Crippen LogP contribution in [0.5, 0.6) is 5.75 Å². The van der Waals surface area contributed by atoms with Crippen LogP contribution < -0.4 is 10.1 Å². The number of aryl methyl sites for hydroxylation is 2. The van der Waals surface area contributed by atoms with Gasteiger partial charge in [-0.2, -0.15) is 0 Å². The molecule has 136 valence electrons. The number of esters is 1. The maximum atomic E-state index is 12.5. The van der Waals surface area contributed by atoms with Gasteiger partial charge in [0, 0.05) is 0 Å². The van der Waals surface area contributed by atoms with E-state index in [9.17, 15) is 9.59 Å². The fraction of sp³-hybridized carbons (Fsp3) is 0.333. The van der Waals surface area contributed by atoms with Gasteiger partial charge in [0.15, 0.2) is 6.10 Å². The molecule has 0 aromatic heterocycles. The van der Waals surface area contributed by atoms with E-state index < -0.39 is 12.1 Å². The lowest BCUT2D eigenvalue weighted by Gasteiger charge is -2.19. The Morgan fingerprint density at radius 1 is 1.04 bits per heavy atom. The summed E-state index contributed by atoms with van der Waals surface area (Å²) in [4.78, 5) is 24.3. The van der Waals surface area contributed by atoms with Crippen molar-refractivity contribution in [3.05, 3.63) is 59.2 Å². The van der Waals surface area contributed by atoms with Crippen LogP contribution in [-0.4, -0.2) is 25.1 Å². The Hall–Kier alpha value is -2.82. The van der Waals surface area contributed by atoms with Gasteiger partial charge >= 0.3 is 5.97 Å². The van der Waals surface area contributed by atoms with Gasteiger partial charge in [0.05, 0.1) is 18.4 Å². The Morgan fingerprint density at radius 2 is 1.77 bits per heavy atom. The SMILES string of the molecule is COC(=O)c1ccccc1NC(=O)[C@H](C)Oc1ccc2c(c1)CCCC2. The number of amides is 1. The van der Waals surface area contributed by atoms with Crippen LogP contribution in [0.15, 0.2) is 42.5 Å². The summed E-state index contributed by atoms with van der Waals surface area (Å²) in [5, 5.41) is 2.74. The van der Waals surface area contributed by atoms with Crippen molar-refractivity contribution in [2.75, 3.05) is 12.4 Å². The molecule has 0 fully saturated rings. The van der Waals surface area contributed by atoms with Gasteiger partial charge in [-0.05, 0) is 68.0 Å². The molecule has 1 N–H and O–H groups in total. The monoisotopic (exact) mass is 353 g/mol. The van der Waals surface area contributed by atoms with Gasteiger partial charge in [-0.15, -0.1) is 0 Å². The van der Waals surface area contributed by atoms with E-state index in [2.05, 4.69) is 11.4 Å². The molecule has 5 heteroatoms. The summed E-state index contributed by atoms with van der Waals surface area (Å²) in [5.74, 6) is -0.127. The third kappa shape index (κ3) is 4.04. The van der Waals surface area contributed by atoms with Crippen LogP contribution in [0.3, 0.4) is 0 Å². The number of nitrogens with one attached hydrogen (secondary N) is 1. The Morgan fingerprint density at radius 3 is 2.54 bits per heavy atom. The Bertz CT molecular complexity index is 815. The lowest BCUT2D eigenvalue weighted by atomic mass is 9.92. The fourth-order valence-electron chi connectivity index (χ4n) is 3.16. The number of methoxy groups -OCH3 is 1. The number of carbonyl (C=O) groups is 2. The molecule has 2 aromatic rings. The summed E-state index contributed by atoms with van der Waals surface area (Å²) in [6.07, 6.45) is 3.89. The van der Waals surface area contributed by atoms with Crippen LogP contribution in [0.1, 0.15) is 41.3 Å². The Labute approximate surface area is 153 Å². The molecular formula is C21H23NO4. The van der Waals surface area contributed by atoms with Crippen molar-refractivity contribution in [1.29, 1.82) is 0 Å². The topological polar surface area (TPSA) is 64.6 Å². The van der Waals surface area contributed by atoms with Crippen molar-refractivity contribution in [3.63, 3.8) is 0 Å². The molecule has 5 nitrogen and oxygen atoms in total. The van der Waals surface area contributed by atoms with E-state index in [1.807, 2.05) is 12.1 Å². The highest BCUT2D eigenvalue weighted by atomic mass is 16.5. The third-order valence-electron chi connectivity index (χ3n) is 4.59. The first-order chi connectivity index (χ1) is 12.6. The van der Waals surface area contributed by atoms with E-state index in [0.717, 1.165) is 12.8 Å². The molecule has 0 spiro atoms. The first-order valence-electron chi connectivity index (χ1n) is 8.85. The van der Waals surface area contributed by atoms with Crippen LogP contribution in [0, 0.1) is 0 Å². The quantitative estimate of drug-likeness (QED) is 0.832. The highest BCUT2D eigenvalue weighted by Crippen LogP contribution is 2.26. The molecule has 0 bridgehead atoms. The minimum Gasteiger partial charge on any atom is -0.481 e. The van der Waals surface area contributed by atoms with Crippen molar-refractivity contribution in [2.45, 2.75) is 38.7 Å². The molecule has 1 aliphatic rings. The van der Waals surface area contributed by atoms with E-state index >= 15 is 0 Å². The highest BCUT2D eigenvalue weighted by molar-refractivity contribution is 6.02. The maximum Gasteiger partial charge on any atom is 0.339 e. The predicted octanol–water partition coefficient (Wildman–Crippen LogP) is 3.76. The minimum atomic E-state index is -0.692. The Balaban J connectivity index is 1.68. The van der Waals surface area contributed by atoms with Crippen molar-refractivity contribution >= 4 is 17.6 Å². The summed E-state index contributed by atoms with van der Waals surface area (Å²) in [6, 6.07) is 12.8. The third-order valence-corrected chi connectivity index (χ3v) is 4.59. The number of para-hydroxylation sites is 1. The second kappa shape index (κ2) is 8.04. The van der Waals surface area contributed by atoms with Gasteiger partial charge in [0.1, 0.15) is 5.75 Å². The highest BCUT2D eigenvalue weighted by Gasteiger charge is 2.19. The van der Waals surface area contributed by atoms with Gasteiger partial charge in [0.2, 0.25) is 0 Å². The van der Waals surface area contributed by atoms with Gasteiger partial charge in [-0.25, -0.2) is 4.79 Å². The van der Waals surface area contributed by atoms with Gasteiger partial charge in [-0.3, -0.25) is 4.79 Å². The molecule has 0 saturated carbocycles. The van der Waals surface area contributed by atoms with Crippen molar-refractivity contribution in [3.8, 4) is 5.75 Å². The number of fused-ring (bicyclic) bond motifs is 1. The molecule has 2 aromatic carbocycles. The second-order valence-electron chi connectivity index (χ2n) is 6.42. The smallest absolute Gasteiger partial charge is 0.339 e. The number of ether oxygens (including phenoxy) is 2. The van der Waals surface area contributed by atoms with Gasteiger partial charge in [0.25, 0.3) is 5.91 Å². The maximum absolute atomic E-state index is 12.5.